The lowest BCUT2D eigenvalue weighted by Crippen LogP contribution is -2.24. The molecule has 1 aliphatic rings. The molecular formula is C20H24O4. The third-order valence-electron chi connectivity index (χ3n) is 4.26. The van der Waals surface area contributed by atoms with Crippen LogP contribution in [0.5, 0.6) is 11.5 Å². The minimum absolute atomic E-state index is 0.130. The summed E-state index contributed by atoms with van der Waals surface area (Å²) in [6.07, 6.45) is 3.10. The Morgan fingerprint density at radius 3 is 2.38 bits per heavy atom. The van der Waals surface area contributed by atoms with Gasteiger partial charge in [0.2, 0.25) is 0 Å². The molecule has 2 aromatic rings. The predicted octanol–water partition coefficient (Wildman–Crippen LogP) is 3.88. The lowest BCUT2D eigenvalue weighted by molar-refractivity contribution is -0.105. The molecule has 0 amide bonds. The largest absolute Gasteiger partial charge is 0.497 e. The van der Waals surface area contributed by atoms with Gasteiger partial charge in [0, 0.05) is 12.8 Å². The topological polar surface area (TPSA) is 47.9 Å². The molecule has 2 aromatic carbocycles. The second kappa shape index (κ2) is 8.18. The lowest BCUT2D eigenvalue weighted by atomic mass is 10.0. The number of hydrogen-bond donors (Lipinski definition) is 1. The van der Waals surface area contributed by atoms with E-state index in [9.17, 15) is 5.11 Å². The maximum atomic E-state index is 10.4. The molecule has 0 aromatic heterocycles. The standard InChI is InChI=1S/C20H24O4/c1-22-17-11-7-16(8-12-17)19(21)14-15-5-9-18(10-6-15)24-20-4-2-3-13-23-20/h5-12,19-21H,2-4,13-14H2,1H3. The Kier molecular flexibility index (Phi) is 5.72. The van der Waals surface area contributed by atoms with E-state index in [1.54, 1.807) is 7.11 Å². The molecule has 1 aliphatic heterocycles. The van der Waals surface area contributed by atoms with Crippen molar-refractivity contribution in [3.8, 4) is 11.5 Å². The van der Waals surface area contributed by atoms with Crippen LogP contribution >= 0.6 is 0 Å². The summed E-state index contributed by atoms with van der Waals surface area (Å²) in [4.78, 5) is 0. The van der Waals surface area contributed by atoms with Gasteiger partial charge in [-0.3, -0.25) is 0 Å². The molecule has 1 fully saturated rings. The van der Waals surface area contributed by atoms with Gasteiger partial charge in [-0.2, -0.15) is 0 Å². The fourth-order valence-electron chi connectivity index (χ4n) is 2.83. The Balaban J connectivity index is 1.56. The van der Waals surface area contributed by atoms with E-state index in [1.165, 1.54) is 0 Å². The molecular weight excluding hydrogens is 304 g/mol. The first-order chi connectivity index (χ1) is 11.7. The van der Waals surface area contributed by atoms with Gasteiger partial charge in [0.1, 0.15) is 11.5 Å². The summed E-state index contributed by atoms with van der Waals surface area (Å²) in [5, 5.41) is 10.4. The Morgan fingerprint density at radius 2 is 1.75 bits per heavy atom. The van der Waals surface area contributed by atoms with Crippen LogP contribution in [-0.2, 0) is 11.2 Å². The van der Waals surface area contributed by atoms with Crippen molar-refractivity contribution in [1.29, 1.82) is 0 Å². The average Bonchev–Trinajstić information content (AvgIpc) is 2.64. The van der Waals surface area contributed by atoms with Gasteiger partial charge in [-0.05, 0) is 48.2 Å². The summed E-state index contributed by atoms with van der Waals surface area (Å²) in [5.41, 5.74) is 1.95. The van der Waals surface area contributed by atoms with Crippen molar-refractivity contribution >= 4 is 0 Å². The minimum atomic E-state index is -0.538. The lowest BCUT2D eigenvalue weighted by Gasteiger charge is -2.23. The van der Waals surface area contributed by atoms with Crippen molar-refractivity contribution in [2.45, 2.75) is 38.1 Å². The highest BCUT2D eigenvalue weighted by Crippen LogP contribution is 2.24. The quantitative estimate of drug-likeness (QED) is 0.874. The van der Waals surface area contributed by atoms with Crippen LogP contribution in [0.2, 0.25) is 0 Å². The molecule has 0 spiro atoms. The van der Waals surface area contributed by atoms with Gasteiger partial charge >= 0.3 is 0 Å². The molecule has 4 nitrogen and oxygen atoms in total. The summed E-state index contributed by atoms with van der Waals surface area (Å²) in [6.45, 7) is 0.775. The van der Waals surface area contributed by atoms with E-state index in [0.29, 0.717) is 6.42 Å². The van der Waals surface area contributed by atoms with Crippen LogP contribution in [0.4, 0.5) is 0 Å². The van der Waals surface area contributed by atoms with Gasteiger partial charge in [0.05, 0.1) is 19.8 Å². The van der Waals surface area contributed by atoms with Crippen LogP contribution in [0.1, 0.15) is 36.5 Å². The molecule has 0 radical (unpaired) electrons. The maximum absolute atomic E-state index is 10.4. The van der Waals surface area contributed by atoms with Gasteiger partial charge in [0.15, 0.2) is 6.29 Å². The number of benzene rings is 2. The van der Waals surface area contributed by atoms with E-state index in [1.807, 2.05) is 48.5 Å². The van der Waals surface area contributed by atoms with Crippen molar-refractivity contribution in [1.82, 2.24) is 0 Å². The van der Waals surface area contributed by atoms with Crippen LogP contribution in [0.15, 0.2) is 48.5 Å². The Labute approximate surface area is 143 Å². The van der Waals surface area contributed by atoms with Crippen LogP contribution < -0.4 is 9.47 Å². The number of rotatable bonds is 6. The second-order valence-corrected chi connectivity index (χ2v) is 6.05. The van der Waals surface area contributed by atoms with Crippen molar-refractivity contribution in [2.24, 2.45) is 0 Å². The highest BCUT2D eigenvalue weighted by atomic mass is 16.7. The van der Waals surface area contributed by atoms with E-state index in [2.05, 4.69) is 0 Å². The van der Waals surface area contributed by atoms with E-state index in [4.69, 9.17) is 14.2 Å². The number of hydrogen-bond acceptors (Lipinski definition) is 4. The highest BCUT2D eigenvalue weighted by molar-refractivity contribution is 5.31. The van der Waals surface area contributed by atoms with E-state index < -0.39 is 6.10 Å². The van der Waals surface area contributed by atoms with E-state index in [-0.39, 0.29) is 6.29 Å². The highest BCUT2D eigenvalue weighted by Gasteiger charge is 2.15. The first-order valence-corrected chi connectivity index (χ1v) is 8.44. The zero-order valence-electron chi connectivity index (χ0n) is 14.0. The molecule has 24 heavy (non-hydrogen) atoms. The normalized spacial score (nSPS) is 18.8. The smallest absolute Gasteiger partial charge is 0.199 e. The van der Waals surface area contributed by atoms with Gasteiger partial charge in [-0.25, -0.2) is 0 Å². The first kappa shape index (κ1) is 16.8. The number of ether oxygens (including phenoxy) is 3. The summed E-state index contributed by atoms with van der Waals surface area (Å²) in [5.74, 6) is 1.60. The third-order valence-corrected chi connectivity index (χ3v) is 4.26. The van der Waals surface area contributed by atoms with Gasteiger partial charge in [0.25, 0.3) is 0 Å². The van der Waals surface area contributed by atoms with E-state index in [0.717, 1.165) is 48.5 Å². The third kappa shape index (κ3) is 4.49. The molecule has 1 heterocycles. The molecule has 4 heteroatoms. The van der Waals surface area contributed by atoms with Crippen molar-refractivity contribution < 1.29 is 19.3 Å². The van der Waals surface area contributed by atoms with Crippen LogP contribution in [0.25, 0.3) is 0 Å². The summed E-state index contributed by atoms with van der Waals surface area (Å²) >= 11 is 0. The first-order valence-electron chi connectivity index (χ1n) is 8.44. The summed E-state index contributed by atoms with van der Waals surface area (Å²) in [7, 11) is 1.63. The minimum Gasteiger partial charge on any atom is -0.497 e. The molecule has 1 saturated heterocycles. The molecule has 2 atom stereocenters. The Bertz CT molecular complexity index is 615. The molecule has 0 bridgehead atoms. The molecule has 128 valence electrons. The monoisotopic (exact) mass is 328 g/mol. The molecule has 2 unspecified atom stereocenters. The van der Waals surface area contributed by atoms with E-state index >= 15 is 0 Å². The predicted molar refractivity (Wildman–Crippen MR) is 92.3 cm³/mol. The summed E-state index contributed by atoms with van der Waals surface area (Å²) < 4.78 is 16.5. The number of methoxy groups -OCH3 is 1. The van der Waals surface area contributed by atoms with Gasteiger partial charge < -0.3 is 19.3 Å². The molecule has 0 saturated carbocycles. The summed E-state index contributed by atoms with van der Waals surface area (Å²) in [6, 6.07) is 15.4. The zero-order chi connectivity index (χ0) is 16.8. The van der Waals surface area contributed by atoms with Crippen molar-refractivity contribution in [3.05, 3.63) is 59.7 Å². The van der Waals surface area contributed by atoms with Crippen LogP contribution in [0.3, 0.4) is 0 Å². The second-order valence-electron chi connectivity index (χ2n) is 6.05. The van der Waals surface area contributed by atoms with Crippen molar-refractivity contribution in [3.63, 3.8) is 0 Å². The number of aliphatic hydroxyl groups excluding tert-OH is 1. The van der Waals surface area contributed by atoms with Crippen LogP contribution in [-0.4, -0.2) is 25.1 Å². The molecule has 1 N–H and O–H groups in total. The molecule has 3 rings (SSSR count). The fourth-order valence-corrected chi connectivity index (χ4v) is 2.83. The Morgan fingerprint density at radius 1 is 1.04 bits per heavy atom. The van der Waals surface area contributed by atoms with Crippen molar-refractivity contribution in [2.75, 3.05) is 13.7 Å². The SMILES string of the molecule is COc1ccc(C(O)Cc2ccc(OC3CCCCO3)cc2)cc1. The fraction of sp³-hybridized carbons (Fsp3) is 0.400. The Hall–Kier alpha value is -2.04. The van der Waals surface area contributed by atoms with Crippen LogP contribution in [0, 0.1) is 0 Å². The zero-order valence-corrected chi connectivity index (χ0v) is 14.0. The average molecular weight is 328 g/mol. The number of aliphatic hydroxyl groups is 1. The molecule has 0 aliphatic carbocycles. The van der Waals surface area contributed by atoms with Gasteiger partial charge in [-0.15, -0.1) is 0 Å². The van der Waals surface area contributed by atoms with Gasteiger partial charge in [-0.1, -0.05) is 24.3 Å². The maximum Gasteiger partial charge on any atom is 0.199 e.